The van der Waals surface area contributed by atoms with E-state index in [9.17, 15) is 9.59 Å². The number of rotatable bonds is 6. The lowest BCUT2D eigenvalue weighted by atomic mass is 10.2. The Kier molecular flexibility index (Phi) is 7.83. The first kappa shape index (κ1) is 22.6. The van der Waals surface area contributed by atoms with Crippen molar-refractivity contribution in [3.63, 3.8) is 0 Å². The molecule has 2 N–H and O–H groups in total. The van der Waals surface area contributed by atoms with E-state index in [1.807, 2.05) is 36.1 Å². The summed E-state index contributed by atoms with van der Waals surface area (Å²) in [5, 5.41) is 5.94. The Hall–Kier alpha value is -3.13. The quantitative estimate of drug-likeness (QED) is 0.672. The summed E-state index contributed by atoms with van der Waals surface area (Å²) in [5.41, 5.74) is 2.35. The van der Waals surface area contributed by atoms with Gasteiger partial charge in [-0.05, 0) is 61.1 Å². The molecule has 31 heavy (non-hydrogen) atoms. The molecule has 164 valence electrons. The molecule has 0 spiro atoms. The zero-order valence-electron chi connectivity index (χ0n) is 17.9. The maximum Gasteiger partial charge on any atom is 0.257 e. The summed E-state index contributed by atoms with van der Waals surface area (Å²) in [6.07, 6.45) is 1.50. The number of carbonyl (C=O) groups is 2. The molecular weight excluding hydrogens is 412 g/mol. The van der Waals surface area contributed by atoms with Crippen molar-refractivity contribution in [3.8, 4) is 5.75 Å². The van der Waals surface area contributed by atoms with E-state index in [2.05, 4.69) is 15.5 Å². The summed E-state index contributed by atoms with van der Waals surface area (Å²) >= 11 is 5.27. The molecule has 1 saturated heterocycles. The Morgan fingerprint density at radius 3 is 2.42 bits per heavy atom. The zero-order valence-corrected chi connectivity index (χ0v) is 18.7. The van der Waals surface area contributed by atoms with E-state index in [4.69, 9.17) is 17.0 Å². The molecule has 0 saturated carbocycles. The Labute approximate surface area is 188 Å². The zero-order chi connectivity index (χ0) is 22.2. The largest absolute Gasteiger partial charge is 0.497 e. The lowest BCUT2D eigenvalue weighted by Gasteiger charge is -2.36. The fourth-order valence-electron chi connectivity index (χ4n) is 3.44. The minimum atomic E-state index is -0.302. The summed E-state index contributed by atoms with van der Waals surface area (Å²) in [6, 6.07) is 14.8. The number of anilines is 2. The maximum atomic E-state index is 12.4. The van der Waals surface area contributed by atoms with Crippen molar-refractivity contribution >= 4 is 40.5 Å². The van der Waals surface area contributed by atoms with Crippen LogP contribution in [0.15, 0.2) is 48.5 Å². The predicted molar refractivity (Wildman–Crippen MR) is 127 cm³/mol. The van der Waals surface area contributed by atoms with Crippen LogP contribution >= 0.6 is 12.2 Å². The number of nitrogens with one attached hydrogen (secondary N) is 2. The van der Waals surface area contributed by atoms with E-state index in [0.717, 1.165) is 44.0 Å². The molecule has 2 aromatic carbocycles. The highest BCUT2D eigenvalue weighted by Crippen LogP contribution is 2.20. The average Bonchev–Trinajstić information content (AvgIpc) is 2.80. The Balaban J connectivity index is 1.50. The monoisotopic (exact) mass is 440 g/mol. The predicted octanol–water partition coefficient (Wildman–Crippen LogP) is 3.27. The van der Waals surface area contributed by atoms with Gasteiger partial charge in [-0.2, -0.15) is 0 Å². The van der Waals surface area contributed by atoms with Crippen molar-refractivity contribution in [2.75, 3.05) is 43.5 Å². The smallest absolute Gasteiger partial charge is 0.257 e. The summed E-state index contributed by atoms with van der Waals surface area (Å²) in [7, 11) is 1.55. The number of benzene rings is 2. The van der Waals surface area contributed by atoms with Gasteiger partial charge >= 0.3 is 0 Å². The highest BCUT2D eigenvalue weighted by molar-refractivity contribution is 7.80. The van der Waals surface area contributed by atoms with E-state index < -0.39 is 0 Å². The second kappa shape index (κ2) is 10.8. The molecule has 0 bridgehead atoms. The minimum absolute atomic E-state index is 0.226. The maximum absolute atomic E-state index is 12.4. The number of carbonyl (C=O) groups excluding carboxylic acids is 2. The van der Waals surface area contributed by atoms with Gasteiger partial charge in [0.25, 0.3) is 5.91 Å². The van der Waals surface area contributed by atoms with Gasteiger partial charge in [-0.3, -0.25) is 14.9 Å². The fraction of sp³-hybridized carbons (Fsp3) is 0.348. The highest BCUT2D eigenvalue weighted by Gasteiger charge is 2.20. The van der Waals surface area contributed by atoms with Crippen LogP contribution in [-0.2, 0) is 4.79 Å². The van der Waals surface area contributed by atoms with Gasteiger partial charge < -0.3 is 19.9 Å². The van der Waals surface area contributed by atoms with Gasteiger partial charge in [-0.25, -0.2) is 0 Å². The van der Waals surface area contributed by atoms with Gasteiger partial charge in [-0.15, -0.1) is 0 Å². The molecule has 2 amide bonds. The Morgan fingerprint density at radius 2 is 1.77 bits per heavy atom. The number of amides is 2. The van der Waals surface area contributed by atoms with Crippen LogP contribution in [0.5, 0.6) is 5.75 Å². The van der Waals surface area contributed by atoms with Crippen LogP contribution in [0.4, 0.5) is 11.4 Å². The average molecular weight is 441 g/mol. The molecule has 2 aromatic rings. The number of hydrogen-bond donors (Lipinski definition) is 2. The van der Waals surface area contributed by atoms with Crippen molar-refractivity contribution in [2.24, 2.45) is 0 Å². The van der Waals surface area contributed by atoms with Crippen molar-refractivity contribution in [2.45, 2.75) is 19.8 Å². The van der Waals surface area contributed by atoms with E-state index >= 15 is 0 Å². The third-order valence-electron chi connectivity index (χ3n) is 5.15. The molecular formula is C23H28N4O3S. The van der Waals surface area contributed by atoms with Crippen LogP contribution in [0, 0.1) is 0 Å². The van der Waals surface area contributed by atoms with Crippen LogP contribution in [0.1, 0.15) is 30.1 Å². The van der Waals surface area contributed by atoms with Gasteiger partial charge in [0, 0.05) is 49.5 Å². The molecule has 3 rings (SSSR count). The molecule has 1 aliphatic rings. The number of piperazine rings is 1. The fourth-order valence-corrected chi connectivity index (χ4v) is 3.65. The first-order valence-electron chi connectivity index (χ1n) is 10.4. The minimum Gasteiger partial charge on any atom is -0.497 e. The van der Waals surface area contributed by atoms with E-state index in [-0.39, 0.29) is 16.9 Å². The SMILES string of the molecule is CCCC(=O)N1CCN(c2ccc(NC(=S)NC(=O)c3cccc(OC)c3)cc2)CC1. The molecule has 1 fully saturated rings. The number of ether oxygens (including phenoxy) is 1. The molecule has 0 aromatic heterocycles. The van der Waals surface area contributed by atoms with Crippen LogP contribution in [0.3, 0.4) is 0 Å². The van der Waals surface area contributed by atoms with Crippen LogP contribution < -0.4 is 20.3 Å². The van der Waals surface area contributed by atoms with Gasteiger partial charge in [-0.1, -0.05) is 13.0 Å². The summed E-state index contributed by atoms with van der Waals surface area (Å²) in [4.78, 5) is 28.6. The Bertz CT molecular complexity index is 925. The number of nitrogens with zero attached hydrogens (tertiary/aromatic N) is 2. The van der Waals surface area contributed by atoms with Gasteiger partial charge in [0.1, 0.15) is 5.75 Å². The van der Waals surface area contributed by atoms with Crippen molar-refractivity contribution in [1.82, 2.24) is 10.2 Å². The van der Waals surface area contributed by atoms with Gasteiger partial charge in [0.2, 0.25) is 5.91 Å². The molecule has 7 nitrogen and oxygen atoms in total. The number of thiocarbonyl (C=S) groups is 1. The molecule has 0 radical (unpaired) electrons. The summed E-state index contributed by atoms with van der Waals surface area (Å²) < 4.78 is 5.14. The molecule has 1 aliphatic heterocycles. The van der Waals surface area contributed by atoms with Crippen molar-refractivity contribution < 1.29 is 14.3 Å². The summed E-state index contributed by atoms with van der Waals surface area (Å²) in [6.45, 7) is 5.16. The third-order valence-corrected chi connectivity index (χ3v) is 5.35. The van der Waals surface area contributed by atoms with E-state index in [1.54, 1.807) is 31.4 Å². The topological polar surface area (TPSA) is 73.9 Å². The van der Waals surface area contributed by atoms with Crippen LogP contribution in [0.2, 0.25) is 0 Å². The lowest BCUT2D eigenvalue weighted by molar-refractivity contribution is -0.131. The first-order valence-corrected chi connectivity index (χ1v) is 10.8. The molecule has 1 heterocycles. The standard InChI is InChI=1S/C23H28N4O3S/c1-3-5-21(28)27-14-12-26(13-15-27)19-10-8-18(9-11-19)24-23(31)25-22(29)17-6-4-7-20(16-17)30-2/h4,6-11,16H,3,5,12-15H2,1-2H3,(H2,24,25,29,31). The summed E-state index contributed by atoms with van der Waals surface area (Å²) in [5.74, 6) is 0.549. The van der Waals surface area contributed by atoms with E-state index in [0.29, 0.717) is 17.7 Å². The lowest BCUT2D eigenvalue weighted by Crippen LogP contribution is -2.48. The highest BCUT2D eigenvalue weighted by atomic mass is 32.1. The van der Waals surface area contributed by atoms with Crippen LogP contribution in [0.25, 0.3) is 0 Å². The van der Waals surface area contributed by atoms with Crippen molar-refractivity contribution in [1.29, 1.82) is 0 Å². The second-order valence-corrected chi connectivity index (χ2v) is 7.71. The normalized spacial score (nSPS) is 13.5. The third kappa shape index (κ3) is 6.18. The van der Waals surface area contributed by atoms with E-state index in [1.165, 1.54) is 0 Å². The van der Waals surface area contributed by atoms with Crippen molar-refractivity contribution in [3.05, 3.63) is 54.1 Å². The van der Waals surface area contributed by atoms with Crippen LogP contribution in [-0.4, -0.2) is 55.1 Å². The number of methoxy groups -OCH3 is 1. The first-order chi connectivity index (χ1) is 15.0. The molecule has 0 atom stereocenters. The van der Waals surface area contributed by atoms with Gasteiger partial charge in [0.15, 0.2) is 5.11 Å². The second-order valence-electron chi connectivity index (χ2n) is 7.30. The molecule has 0 aliphatic carbocycles. The number of hydrogen-bond acceptors (Lipinski definition) is 5. The Morgan fingerprint density at radius 1 is 1.06 bits per heavy atom. The molecule has 8 heteroatoms. The van der Waals surface area contributed by atoms with Gasteiger partial charge in [0.05, 0.1) is 7.11 Å². The molecule has 0 unspecified atom stereocenters.